The lowest BCUT2D eigenvalue weighted by molar-refractivity contribution is -0.384. The summed E-state index contributed by atoms with van der Waals surface area (Å²) in [5.41, 5.74) is 2.15. The Balaban J connectivity index is 2.08. The molecule has 1 aromatic carbocycles. The van der Waals surface area contributed by atoms with E-state index in [1.807, 2.05) is 0 Å². The number of methoxy groups -OCH3 is 1. The summed E-state index contributed by atoms with van der Waals surface area (Å²) < 4.78 is 10.2. The van der Waals surface area contributed by atoms with Crippen LogP contribution in [-0.2, 0) is 19.1 Å². The predicted octanol–water partition coefficient (Wildman–Crippen LogP) is 2.97. The van der Waals surface area contributed by atoms with E-state index in [1.165, 1.54) is 19.2 Å². The number of benzene rings is 1. The summed E-state index contributed by atoms with van der Waals surface area (Å²) in [6, 6.07) is 6.08. The molecule has 1 aromatic rings. The minimum absolute atomic E-state index is 0.0660. The number of aliphatic imine (C=N–C) groups is 1. The molecular weight excluding hydrogens is 364 g/mol. The number of rotatable bonds is 6. The Bertz CT molecular complexity index is 873. The molecule has 0 spiro atoms. The van der Waals surface area contributed by atoms with Gasteiger partial charge in [0, 0.05) is 48.6 Å². The molecule has 8 nitrogen and oxygen atoms in total. The van der Waals surface area contributed by atoms with E-state index in [4.69, 9.17) is 9.47 Å². The molecule has 2 aliphatic rings. The molecule has 3 rings (SSSR count). The van der Waals surface area contributed by atoms with E-state index in [-0.39, 0.29) is 24.7 Å². The molecule has 1 aliphatic carbocycles. The number of ether oxygens (including phenoxy) is 2. The molecule has 28 heavy (non-hydrogen) atoms. The summed E-state index contributed by atoms with van der Waals surface area (Å²) in [7, 11) is 1.50. The molecule has 0 saturated heterocycles. The monoisotopic (exact) mass is 386 g/mol. The second-order valence-corrected chi connectivity index (χ2v) is 6.86. The van der Waals surface area contributed by atoms with Crippen LogP contribution in [0, 0.1) is 16.0 Å². The molecule has 1 unspecified atom stereocenters. The first-order chi connectivity index (χ1) is 13.4. The Morgan fingerprint density at radius 3 is 2.82 bits per heavy atom. The lowest BCUT2D eigenvalue weighted by Crippen LogP contribution is -2.37. The standard InChI is InChI=1S/C20H22N2O6/c1-12-17(20(24)28-10-9-27-2)18(13-5-3-6-14(11-13)22(25)26)19-15(21-12)7-4-8-16(19)23/h3,5-6,11,17-18H,4,7-10H2,1-2H3/t17?,18-/m1/s1. The number of nitrogens with zero attached hydrogens (tertiary/aromatic N) is 2. The third-order valence-electron chi connectivity index (χ3n) is 5.06. The Hall–Kier alpha value is -2.87. The number of nitro groups is 1. The predicted molar refractivity (Wildman–Crippen MR) is 101 cm³/mol. The average molecular weight is 386 g/mol. The minimum Gasteiger partial charge on any atom is -0.463 e. The van der Waals surface area contributed by atoms with Crippen molar-refractivity contribution in [2.24, 2.45) is 10.9 Å². The third-order valence-corrected chi connectivity index (χ3v) is 5.06. The maximum absolute atomic E-state index is 12.8. The number of nitro benzene ring substituents is 1. The highest BCUT2D eigenvalue weighted by Gasteiger charge is 2.43. The lowest BCUT2D eigenvalue weighted by atomic mass is 9.71. The van der Waals surface area contributed by atoms with E-state index in [1.54, 1.807) is 19.1 Å². The molecule has 0 aromatic heterocycles. The van der Waals surface area contributed by atoms with Crippen molar-refractivity contribution >= 4 is 23.2 Å². The van der Waals surface area contributed by atoms with E-state index in [0.29, 0.717) is 41.8 Å². The molecule has 2 atom stereocenters. The lowest BCUT2D eigenvalue weighted by Gasteiger charge is -2.34. The number of carbonyl (C=O) groups excluding carboxylic acids is 2. The third kappa shape index (κ3) is 3.87. The fraction of sp³-hybridized carbons (Fsp3) is 0.450. The summed E-state index contributed by atoms with van der Waals surface area (Å²) in [6.45, 7) is 2.07. The second kappa shape index (κ2) is 8.43. The molecule has 0 bridgehead atoms. The van der Waals surface area contributed by atoms with Crippen molar-refractivity contribution in [1.82, 2.24) is 0 Å². The zero-order valence-electron chi connectivity index (χ0n) is 15.8. The normalized spacial score (nSPS) is 21.8. The van der Waals surface area contributed by atoms with Crippen LogP contribution in [0.15, 0.2) is 40.5 Å². The van der Waals surface area contributed by atoms with E-state index in [9.17, 15) is 19.7 Å². The van der Waals surface area contributed by atoms with Crippen LogP contribution in [0.3, 0.4) is 0 Å². The summed E-state index contributed by atoms with van der Waals surface area (Å²) in [5.74, 6) is -2.03. The summed E-state index contributed by atoms with van der Waals surface area (Å²) in [4.78, 5) is 40.8. The van der Waals surface area contributed by atoms with Gasteiger partial charge in [0.1, 0.15) is 12.5 Å². The molecule has 0 fully saturated rings. The van der Waals surface area contributed by atoms with Gasteiger partial charge in [0.15, 0.2) is 5.78 Å². The van der Waals surface area contributed by atoms with E-state index >= 15 is 0 Å². The minimum atomic E-state index is -0.806. The Labute approximate surface area is 162 Å². The topological polar surface area (TPSA) is 108 Å². The van der Waals surface area contributed by atoms with Gasteiger partial charge in [-0.2, -0.15) is 0 Å². The van der Waals surface area contributed by atoms with Gasteiger partial charge in [-0.3, -0.25) is 24.7 Å². The van der Waals surface area contributed by atoms with E-state index in [0.717, 1.165) is 0 Å². The van der Waals surface area contributed by atoms with Crippen molar-refractivity contribution in [1.29, 1.82) is 0 Å². The van der Waals surface area contributed by atoms with Crippen LogP contribution in [-0.4, -0.2) is 42.7 Å². The molecular formula is C20H22N2O6. The highest BCUT2D eigenvalue weighted by molar-refractivity contribution is 6.08. The first-order valence-corrected chi connectivity index (χ1v) is 9.15. The van der Waals surface area contributed by atoms with Gasteiger partial charge < -0.3 is 9.47 Å². The molecule has 148 valence electrons. The largest absolute Gasteiger partial charge is 0.463 e. The fourth-order valence-electron chi connectivity index (χ4n) is 3.82. The van der Waals surface area contributed by atoms with Gasteiger partial charge in [-0.1, -0.05) is 12.1 Å². The van der Waals surface area contributed by atoms with E-state index < -0.39 is 22.7 Å². The fourth-order valence-corrected chi connectivity index (χ4v) is 3.82. The number of hydrogen-bond donors (Lipinski definition) is 0. The molecule has 1 aliphatic heterocycles. The number of esters is 1. The number of Topliss-reactive ketones (excluding diaryl/α,β-unsaturated/α-hetero) is 1. The number of hydrogen-bond acceptors (Lipinski definition) is 7. The second-order valence-electron chi connectivity index (χ2n) is 6.86. The van der Waals surface area contributed by atoms with Crippen molar-refractivity contribution in [3.05, 3.63) is 51.2 Å². The van der Waals surface area contributed by atoms with Crippen molar-refractivity contribution < 1.29 is 24.0 Å². The van der Waals surface area contributed by atoms with Crippen molar-refractivity contribution in [2.75, 3.05) is 20.3 Å². The summed E-state index contributed by atoms with van der Waals surface area (Å²) in [5, 5.41) is 11.2. The van der Waals surface area contributed by atoms with Crippen LogP contribution in [0.2, 0.25) is 0 Å². The zero-order chi connectivity index (χ0) is 20.3. The SMILES string of the molecule is COCCOC(=O)C1C(C)=NC2=C(C(=O)CCC2)[C@@H]1c1cccc([N+](=O)[O-])c1. The van der Waals surface area contributed by atoms with Gasteiger partial charge in [0.25, 0.3) is 5.69 Å². The van der Waals surface area contributed by atoms with Crippen molar-refractivity contribution in [3.8, 4) is 0 Å². The smallest absolute Gasteiger partial charge is 0.315 e. The highest BCUT2D eigenvalue weighted by Crippen LogP contribution is 2.44. The van der Waals surface area contributed by atoms with Gasteiger partial charge in [-0.15, -0.1) is 0 Å². The molecule has 0 N–H and O–H groups in total. The molecule has 0 saturated carbocycles. The molecule has 0 amide bonds. The summed E-state index contributed by atoms with van der Waals surface area (Å²) in [6.07, 6.45) is 1.73. The Kier molecular flexibility index (Phi) is 5.99. The van der Waals surface area contributed by atoms with Gasteiger partial charge in [0.2, 0.25) is 0 Å². The zero-order valence-corrected chi connectivity index (χ0v) is 15.8. The maximum Gasteiger partial charge on any atom is 0.315 e. The van der Waals surface area contributed by atoms with Gasteiger partial charge >= 0.3 is 5.97 Å². The average Bonchev–Trinajstić information content (AvgIpc) is 2.67. The number of carbonyl (C=O) groups is 2. The number of allylic oxidation sites excluding steroid dienone is 2. The Morgan fingerprint density at radius 2 is 2.11 bits per heavy atom. The molecule has 0 radical (unpaired) electrons. The van der Waals surface area contributed by atoms with Crippen LogP contribution < -0.4 is 0 Å². The van der Waals surface area contributed by atoms with Crippen LogP contribution in [0.1, 0.15) is 37.7 Å². The van der Waals surface area contributed by atoms with Crippen LogP contribution in [0.5, 0.6) is 0 Å². The van der Waals surface area contributed by atoms with Gasteiger partial charge in [-0.25, -0.2) is 0 Å². The number of non-ortho nitro benzene ring substituents is 1. The highest BCUT2D eigenvalue weighted by atomic mass is 16.6. The first kappa shape index (κ1) is 19.9. The Morgan fingerprint density at radius 1 is 1.32 bits per heavy atom. The first-order valence-electron chi connectivity index (χ1n) is 9.15. The molecule has 8 heteroatoms. The van der Waals surface area contributed by atoms with Crippen LogP contribution in [0.25, 0.3) is 0 Å². The maximum atomic E-state index is 12.8. The van der Waals surface area contributed by atoms with Gasteiger partial charge in [-0.05, 0) is 25.3 Å². The molecule has 1 heterocycles. The number of ketones is 1. The van der Waals surface area contributed by atoms with Gasteiger partial charge in [0.05, 0.1) is 11.5 Å². The quantitative estimate of drug-likeness (QED) is 0.322. The summed E-state index contributed by atoms with van der Waals surface area (Å²) >= 11 is 0. The van der Waals surface area contributed by atoms with Crippen molar-refractivity contribution in [2.45, 2.75) is 32.1 Å². The van der Waals surface area contributed by atoms with Crippen molar-refractivity contribution in [3.63, 3.8) is 0 Å². The van der Waals surface area contributed by atoms with Crippen LogP contribution in [0.4, 0.5) is 5.69 Å². The van der Waals surface area contributed by atoms with Crippen LogP contribution >= 0.6 is 0 Å². The van der Waals surface area contributed by atoms with E-state index in [2.05, 4.69) is 4.99 Å².